The molecule has 0 atom stereocenters. The van der Waals surface area contributed by atoms with Crippen molar-refractivity contribution >= 4 is 5.90 Å². The molecule has 0 amide bonds. The Kier molecular flexibility index (Phi) is 2.51. The van der Waals surface area contributed by atoms with E-state index in [2.05, 4.69) is 9.88 Å². The highest BCUT2D eigenvalue weighted by Gasteiger charge is 2.09. The van der Waals surface area contributed by atoms with E-state index in [1.165, 1.54) is 12.8 Å². The van der Waals surface area contributed by atoms with E-state index in [-0.39, 0.29) is 0 Å². The molecular formula is C6H12NO2+. The van der Waals surface area contributed by atoms with E-state index >= 15 is 0 Å². The summed E-state index contributed by atoms with van der Waals surface area (Å²) in [6.07, 6.45) is 4.35. The molecule has 1 rings (SSSR count). The maximum absolute atomic E-state index is 8.22. The lowest BCUT2D eigenvalue weighted by atomic mass is 10.2. The fraction of sp³-hybridized carbons (Fsp3) is 0.833. The molecule has 1 heterocycles. The third kappa shape index (κ3) is 2.01. The molecule has 2 N–H and O–H groups in total. The molecule has 0 saturated carbocycles. The molecule has 1 aliphatic rings. The van der Waals surface area contributed by atoms with E-state index in [9.17, 15) is 0 Å². The second kappa shape index (κ2) is 3.45. The zero-order valence-corrected chi connectivity index (χ0v) is 5.39. The zero-order valence-electron chi connectivity index (χ0n) is 5.39. The smallest absolute Gasteiger partial charge is 0.279 e. The van der Waals surface area contributed by atoms with Gasteiger partial charge in [0.25, 0.3) is 0 Å². The maximum Gasteiger partial charge on any atom is 0.367 e. The van der Waals surface area contributed by atoms with Gasteiger partial charge in [0.1, 0.15) is 6.54 Å². The van der Waals surface area contributed by atoms with Gasteiger partial charge in [0.15, 0.2) is 0 Å². The quantitative estimate of drug-likeness (QED) is 0.344. The van der Waals surface area contributed by atoms with Gasteiger partial charge < -0.3 is 0 Å². The van der Waals surface area contributed by atoms with E-state index in [0.717, 1.165) is 19.4 Å². The predicted octanol–water partition coefficient (Wildman–Crippen LogP) is -0.471. The molecule has 0 aromatic heterocycles. The Morgan fingerprint density at radius 1 is 1.33 bits per heavy atom. The van der Waals surface area contributed by atoms with Crippen LogP contribution in [-0.2, 0) is 4.89 Å². The van der Waals surface area contributed by atoms with Crippen LogP contribution < -0.4 is 4.99 Å². The summed E-state index contributed by atoms with van der Waals surface area (Å²) in [5.74, 6) is 0.618. The molecule has 3 heteroatoms. The third-order valence-corrected chi connectivity index (χ3v) is 1.51. The van der Waals surface area contributed by atoms with Gasteiger partial charge >= 0.3 is 5.90 Å². The Hall–Kier alpha value is -0.570. The summed E-state index contributed by atoms with van der Waals surface area (Å²) in [4.78, 5) is 7.05. The topological polar surface area (TPSA) is 43.4 Å². The predicted molar refractivity (Wildman–Crippen MR) is 33.0 cm³/mol. The first kappa shape index (κ1) is 6.55. The first-order valence-electron chi connectivity index (χ1n) is 3.34. The lowest BCUT2D eigenvalue weighted by molar-refractivity contribution is -0.478. The fourth-order valence-corrected chi connectivity index (χ4v) is 0.981. The van der Waals surface area contributed by atoms with Gasteiger partial charge in [0, 0.05) is 6.42 Å². The van der Waals surface area contributed by atoms with Crippen LogP contribution in [0.4, 0.5) is 0 Å². The monoisotopic (exact) mass is 130 g/mol. The van der Waals surface area contributed by atoms with Gasteiger partial charge in [-0.15, -0.1) is 0 Å². The molecule has 9 heavy (non-hydrogen) atoms. The number of hydrogen-bond acceptors (Lipinski definition) is 2. The van der Waals surface area contributed by atoms with Gasteiger partial charge in [-0.2, -0.15) is 5.26 Å². The van der Waals surface area contributed by atoms with Crippen LogP contribution in [0.3, 0.4) is 0 Å². The average Bonchev–Trinajstić information content (AvgIpc) is 2.13. The van der Waals surface area contributed by atoms with E-state index in [0.29, 0.717) is 5.90 Å². The second-order valence-electron chi connectivity index (χ2n) is 2.25. The Morgan fingerprint density at radius 2 is 2.22 bits per heavy atom. The van der Waals surface area contributed by atoms with Gasteiger partial charge in [-0.25, -0.2) is 4.99 Å². The largest absolute Gasteiger partial charge is 0.367 e. The van der Waals surface area contributed by atoms with Crippen LogP contribution >= 0.6 is 0 Å². The van der Waals surface area contributed by atoms with Crippen LogP contribution in [0.5, 0.6) is 0 Å². The Balaban J connectivity index is 2.37. The molecule has 0 unspecified atom stereocenters. The minimum absolute atomic E-state index is 0.618. The molecule has 0 radical (unpaired) electrons. The molecule has 52 valence electrons. The minimum Gasteiger partial charge on any atom is -0.279 e. The van der Waals surface area contributed by atoms with E-state index in [1.54, 1.807) is 0 Å². The summed E-state index contributed by atoms with van der Waals surface area (Å²) in [7, 11) is 0. The van der Waals surface area contributed by atoms with Gasteiger partial charge in [-0.1, -0.05) is 0 Å². The molecular weight excluding hydrogens is 118 g/mol. The first-order chi connectivity index (χ1) is 4.43. The third-order valence-electron chi connectivity index (χ3n) is 1.51. The Morgan fingerprint density at radius 3 is 3.00 bits per heavy atom. The Bertz CT molecular complexity index is 112. The average molecular weight is 130 g/mol. The van der Waals surface area contributed by atoms with Crippen LogP contribution in [0.15, 0.2) is 0 Å². The summed E-state index contributed by atoms with van der Waals surface area (Å²) in [6.45, 7) is 0.926. The van der Waals surface area contributed by atoms with Crippen molar-refractivity contribution in [2.24, 2.45) is 0 Å². The van der Waals surface area contributed by atoms with Crippen molar-refractivity contribution in [3.05, 3.63) is 0 Å². The lowest BCUT2D eigenvalue weighted by Gasteiger charge is -1.89. The molecule has 0 spiro atoms. The molecule has 0 aromatic carbocycles. The molecule has 0 bridgehead atoms. The van der Waals surface area contributed by atoms with E-state index in [4.69, 9.17) is 5.26 Å². The van der Waals surface area contributed by atoms with Crippen LogP contribution in [-0.4, -0.2) is 17.7 Å². The molecule has 0 aromatic rings. The van der Waals surface area contributed by atoms with E-state index < -0.39 is 0 Å². The SMILES string of the molecule is OOC1=[NH+]CCCCC1. The first-order valence-corrected chi connectivity index (χ1v) is 3.34. The van der Waals surface area contributed by atoms with Crippen LogP contribution in [0.1, 0.15) is 25.7 Å². The van der Waals surface area contributed by atoms with Gasteiger partial charge in [0.05, 0.1) is 6.42 Å². The molecule has 0 saturated heterocycles. The summed E-state index contributed by atoms with van der Waals surface area (Å²) < 4.78 is 0. The van der Waals surface area contributed by atoms with Crippen molar-refractivity contribution in [1.29, 1.82) is 0 Å². The standard InChI is InChI=1S/C6H11NO2/c8-9-6-4-2-1-3-5-7-6/h8H,1-5H2/p+1. The summed E-state index contributed by atoms with van der Waals surface area (Å²) in [5, 5.41) is 8.22. The van der Waals surface area contributed by atoms with Crippen molar-refractivity contribution in [3.63, 3.8) is 0 Å². The van der Waals surface area contributed by atoms with Crippen molar-refractivity contribution in [2.75, 3.05) is 6.54 Å². The molecule has 1 aliphatic heterocycles. The van der Waals surface area contributed by atoms with Gasteiger partial charge in [0.2, 0.25) is 0 Å². The van der Waals surface area contributed by atoms with Crippen molar-refractivity contribution in [2.45, 2.75) is 25.7 Å². The Labute approximate surface area is 54.3 Å². The zero-order chi connectivity index (χ0) is 6.53. The highest BCUT2D eigenvalue weighted by atomic mass is 17.1. The van der Waals surface area contributed by atoms with E-state index in [1.807, 2.05) is 0 Å². The normalized spacial score (nSPS) is 20.3. The van der Waals surface area contributed by atoms with Crippen LogP contribution in [0, 0.1) is 0 Å². The van der Waals surface area contributed by atoms with Gasteiger partial charge in [-0.3, -0.25) is 4.89 Å². The highest BCUT2D eigenvalue weighted by molar-refractivity contribution is 5.69. The number of hydrogen-bond donors (Lipinski definition) is 2. The van der Waals surface area contributed by atoms with Gasteiger partial charge in [-0.05, 0) is 12.8 Å². The van der Waals surface area contributed by atoms with Crippen molar-refractivity contribution < 1.29 is 15.1 Å². The fourth-order valence-electron chi connectivity index (χ4n) is 0.981. The molecule has 0 aliphatic carbocycles. The number of nitrogens with one attached hydrogen (secondary N) is 1. The van der Waals surface area contributed by atoms with Crippen molar-refractivity contribution in [1.82, 2.24) is 0 Å². The van der Waals surface area contributed by atoms with Crippen molar-refractivity contribution in [3.8, 4) is 0 Å². The van der Waals surface area contributed by atoms with Crippen LogP contribution in [0.2, 0.25) is 0 Å². The molecule has 0 fully saturated rings. The summed E-state index contributed by atoms with van der Waals surface area (Å²) >= 11 is 0. The lowest BCUT2D eigenvalue weighted by Crippen LogP contribution is -2.73. The maximum atomic E-state index is 8.22. The number of rotatable bonds is 0. The highest BCUT2D eigenvalue weighted by Crippen LogP contribution is 1.99. The summed E-state index contributed by atoms with van der Waals surface area (Å²) in [5.41, 5.74) is 0. The second-order valence-corrected chi connectivity index (χ2v) is 2.25. The minimum atomic E-state index is 0.618. The summed E-state index contributed by atoms with van der Waals surface area (Å²) in [6, 6.07) is 0. The van der Waals surface area contributed by atoms with Crippen LogP contribution in [0.25, 0.3) is 0 Å². The molecule has 3 nitrogen and oxygen atoms in total.